The zero-order valence-corrected chi connectivity index (χ0v) is 11.9. The molecule has 2 N–H and O–H groups in total. The van der Waals surface area contributed by atoms with Gasteiger partial charge in [-0.25, -0.2) is 14.4 Å². The van der Waals surface area contributed by atoms with Gasteiger partial charge in [0.15, 0.2) is 0 Å². The first-order valence-corrected chi connectivity index (χ1v) is 6.97. The molecular formula is C13H22N2O5. The molecule has 0 bridgehead atoms. The molecule has 0 aromatic carbocycles. The molecule has 0 aromatic heterocycles. The van der Waals surface area contributed by atoms with Gasteiger partial charge in [-0.2, -0.15) is 0 Å². The van der Waals surface area contributed by atoms with Gasteiger partial charge in [0.2, 0.25) is 0 Å². The maximum atomic E-state index is 12.1. The maximum Gasteiger partial charge on any atom is 0.328 e. The van der Waals surface area contributed by atoms with E-state index < -0.39 is 30.1 Å². The number of nitrogens with zero attached hydrogens (tertiary/aromatic N) is 1. The Bertz CT molecular complexity index is 372. The average Bonchev–Trinajstić information content (AvgIpc) is 2.87. The summed E-state index contributed by atoms with van der Waals surface area (Å²) < 4.78 is 4.93. The molecule has 1 aliphatic rings. The second-order valence-electron chi connectivity index (χ2n) is 4.73. The summed E-state index contributed by atoms with van der Waals surface area (Å²) in [4.78, 5) is 36.2. The largest absolute Gasteiger partial charge is 0.480 e. The van der Waals surface area contributed by atoms with Crippen LogP contribution in [0.2, 0.25) is 0 Å². The molecule has 0 aromatic rings. The van der Waals surface area contributed by atoms with Crippen LogP contribution in [-0.4, -0.2) is 53.2 Å². The van der Waals surface area contributed by atoms with Crippen LogP contribution in [0.4, 0.5) is 4.79 Å². The second kappa shape index (κ2) is 7.72. The van der Waals surface area contributed by atoms with Gasteiger partial charge in [-0.15, -0.1) is 0 Å². The van der Waals surface area contributed by atoms with E-state index in [0.29, 0.717) is 32.2 Å². The molecule has 2 amide bonds. The fraction of sp³-hybridized carbons (Fsp3) is 0.769. The van der Waals surface area contributed by atoms with Crippen molar-refractivity contribution in [1.82, 2.24) is 10.2 Å². The summed E-state index contributed by atoms with van der Waals surface area (Å²) in [5.74, 6) is -1.49. The van der Waals surface area contributed by atoms with E-state index in [1.807, 2.05) is 6.92 Å². The molecule has 7 nitrogen and oxygen atoms in total. The quantitative estimate of drug-likeness (QED) is 0.709. The number of carboxylic acid groups (broad SMARTS) is 1. The SMILES string of the molecule is CCC[C@@H](NC(=O)N1CCCC1C(=O)OCC)C(=O)O. The molecule has 0 saturated carbocycles. The van der Waals surface area contributed by atoms with E-state index in [4.69, 9.17) is 9.84 Å². The third-order valence-electron chi connectivity index (χ3n) is 3.25. The number of amides is 2. The first-order chi connectivity index (χ1) is 9.51. The predicted octanol–water partition coefficient (Wildman–Crippen LogP) is 0.977. The molecule has 0 spiro atoms. The van der Waals surface area contributed by atoms with Gasteiger partial charge in [0.05, 0.1) is 6.61 Å². The number of hydrogen-bond acceptors (Lipinski definition) is 4. The molecule has 1 rings (SSSR count). The van der Waals surface area contributed by atoms with Crippen molar-refractivity contribution in [3.8, 4) is 0 Å². The highest BCUT2D eigenvalue weighted by Crippen LogP contribution is 2.18. The number of ether oxygens (including phenoxy) is 1. The number of carbonyl (C=O) groups is 3. The third-order valence-corrected chi connectivity index (χ3v) is 3.25. The van der Waals surface area contributed by atoms with Crippen LogP contribution in [0.5, 0.6) is 0 Å². The van der Waals surface area contributed by atoms with Crippen LogP contribution in [-0.2, 0) is 14.3 Å². The van der Waals surface area contributed by atoms with Crippen LogP contribution < -0.4 is 5.32 Å². The summed E-state index contributed by atoms with van der Waals surface area (Å²) in [7, 11) is 0. The van der Waals surface area contributed by atoms with Gasteiger partial charge in [0.25, 0.3) is 0 Å². The van der Waals surface area contributed by atoms with Gasteiger partial charge < -0.3 is 20.1 Å². The van der Waals surface area contributed by atoms with E-state index in [-0.39, 0.29) is 6.61 Å². The molecule has 1 aliphatic heterocycles. The van der Waals surface area contributed by atoms with Gasteiger partial charge in [0, 0.05) is 6.54 Å². The minimum Gasteiger partial charge on any atom is -0.480 e. The lowest BCUT2D eigenvalue weighted by atomic mass is 10.2. The Labute approximate surface area is 118 Å². The molecular weight excluding hydrogens is 264 g/mol. The lowest BCUT2D eigenvalue weighted by molar-refractivity contribution is -0.147. The summed E-state index contributed by atoms with van der Waals surface area (Å²) in [6.07, 6.45) is 2.28. The number of urea groups is 1. The smallest absolute Gasteiger partial charge is 0.328 e. The zero-order valence-electron chi connectivity index (χ0n) is 11.9. The Kier molecular flexibility index (Phi) is 6.27. The van der Waals surface area contributed by atoms with Crippen molar-refractivity contribution in [3.05, 3.63) is 0 Å². The van der Waals surface area contributed by atoms with E-state index in [9.17, 15) is 14.4 Å². The highest BCUT2D eigenvalue weighted by atomic mass is 16.5. The molecule has 2 atom stereocenters. The summed E-state index contributed by atoms with van der Waals surface area (Å²) >= 11 is 0. The van der Waals surface area contributed by atoms with Crippen molar-refractivity contribution in [2.24, 2.45) is 0 Å². The molecule has 114 valence electrons. The average molecular weight is 286 g/mol. The molecule has 1 unspecified atom stereocenters. The van der Waals surface area contributed by atoms with Gasteiger partial charge in [0.1, 0.15) is 12.1 Å². The Hall–Kier alpha value is -1.79. The number of esters is 1. The summed E-state index contributed by atoms with van der Waals surface area (Å²) in [6.45, 7) is 4.25. The number of carboxylic acids is 1. The number of carbonyl (C=O) groups excluding carboxylic acids is 2. The summed E-state index contributed by atoms with van der Waals surface area (Å²) in [5, 5.41) is 11.5. The first-order valence-electron chi connectivity index (χ1n) is 6.97. The fourth-order valence-electron chi connectivity index (χ4n) is 2.27. The first kappa shape index (κ1) is 16.3. The van der Waals surface area contributed by atoms with E-state index in [2.05, 4.69) is 5.32 Å². The Balaban J connectivity index is 2.65. The van der Waals surface area contributed by atoms with Gasteiger partial charge in [-0.1, -0.05) is 13.3 Å². The van der Waals surface area contributed by atoms with Crippen molar-refractivity contribution in [2.45, 2.75) is 51.6 Å². The predicted molar refractivity (Wildman–Crippen MR) is 71.2 cm³/mol. The minimum absolute atomic E-state index is 0.262. The zero-order chi connectivity index (χ0) is 15.1. The normalized spacial score (nSPS) is 19.5. The molecule has 1 saturated heterocycles. The van der Waals surface area contributed by atoms with Gasteiger partial charge in [-0.3, -0.25) is 0 Å². The fourth-order valence-corrected chi connectivity index (χ4v) is 2.27. The minimum atomic E-state index is -1.06. The van der Waals surface area contributed by atoms with Crippen LogP contribution in [0, 0.1) is 0 Å². The number of rotatable bonds is 6. The van der Waals surface area contributed by atoms with Crippen LogP contribution in [0.3, 0.4) is 0 Å². The second-order valence-corrected chi connectivity index (χ2v) is 4.73. The lowest BCUT2D eigenvalue weighted by Gasteiger charge is -2.25. The highest BCUT2D eigenvalue weighted by molar-refractivity contribution is 5.87. The lowest BCUT2D eigenvalue weighted by Crippen LogP contribution is -2.51. The molecule has 0 radical (unpaired) electrons. The molecule has 0 aliphatic carbocycles. The molecule has 20 heavy (non-hydrogen) atoms. The number of aliphatic carboxylic acids is 1. The van der Waals surface area contributed by atoms with E-state index in [1.54, 1.807) is 6.92 Å². The van der Waals surface area contributed by atoms with E-state index in [1.165, 1.54) is 4.90 Å². The monoisotopic (exact) mass is 286 g/mol. The molecule has 1 heterocycles. The topological polar surface area (TPSA) is 95.9 Å². The van der Waals surface area contributed by atoms with Crippen molar-refractivity contribution >= 4 is 18.0 Å². The number of hydrogen-bond donors (Lipinski definition) is 2. The molecule has 1 fully saturated rings. The van der Waals surface area contributed by atoms with E-state index in [0.717, 1.165) is 0 Å². The summed E-state index contributed by atoms with van der Waals surface area (Å²) in [5.41, 5.74) is 0. The van der Waals surface area contributed by atoms with Crippen LogP contribution in [0.1, 0.15) is 39.5 Å². The van der Waals surface area contributed by atoms with Gasteiger partial charge in [-0.05, 0) is 26.2 Å². The van der Waals surface area contributed by atoms with E-state index >= 15 is 0 Å². The van der Waals surface area contributed by atoms with Crippen LogP contribution >= 0.6 is 0 Å². The van der Waals surface area contributed by atoms with Gasteiger partial charge >= 0.3 is 18.0 Å². The summed E-state index contributed by atoms with van der Waals surface area (Å²) in [6, 6.07) is -2.04. The number of nitrogens with one attached hydrogen (secondary N) is 1. The Morgan fingerprint density at radius 1 is 1.40 bits per heavy atom. The van der Waals surface area contributed by atoms with Crippen molar-refractivity contribution in [3.63, 3.8) is 0 Å². The van der Waals surface area contributed by atoms with Crippen molar-refractivity contribution in [1.29, 1.82) is 0 Å². The van der Waals surface area contributed by atoms with Crippen LogP contribution in [0.15, 0.2) is 0 Å². The Morgan fingerprint density at radius 2 is 2.10 bits per heavy atom. The third kappa shape index (κ3) is 4.11. The number of likely N-dealkylation sites (tertiary alicyclic amines) is 1. The van der Waals surface area contributed by atoms with Crippen molar-refractivity contribution < 1.29 is 24.2 Å². The highest BCUT2D eigenvalue weighted by Gasteiger charge is 2.36. The van der Waals surface area contributed by atoms with Crippen molar-refractivity contribution in [2.75, 3.05) is 13.2 Å². The molecule has 7 heteroatoms. The Morgan fingerprint density at radius 3 is 2.65 bits per heavy atom. The van der Waals surface area contributed by atoms with Crippen LogP contribution in [0.25, 0.3) is 0 Å². The maximum absolute atomic E-state index is 12.1. The standard InChI is InChI=1S/C13H22N2O5/c1-3-6-9(11(16)17)14-13(19)15-8-5-7-10(15)12(18)20-4-2/h9-10H,3-8H2,1-2H3,(H,14,19)(H,16,17)/t9-,10?/m1/s1.